The molecule has 0 spiro atoms. The molecule has 0 saturated heterocycles. The molecule has 0 bridgehead atoms. The van der Waals surface area contributed by atoms with Gasteiger partial charge in [-0.1, -0.05) is 22.0 Å². The number of carbonyl (C=O) groups excluding carboxylic acids is 1. The largest absolute Gasteiger partial charge is 0.380 e. The Bertz CT molecular complexity index is 514. The van der Waals surface area contributed by atoms with Crippen molar-refractivity contribution in [2.45, 2.75) is 6.42 Å². The smallest absolute Gasteiger partial charge is 0.255 e. The van der Waals surface area contributed by atoms with Crippen LogP contribution in [0.5, 0.6) is 0 Å². The van der Waals surface area contributed by atoms with E-state index >= 15 is 0 Å². The fraction of sp³-hybridized carbons (Fsp3) is 0.357. The molecule has 102 valence electrons. The fourth-order valence-electron chi connectivity index (χ4n) is 2.05. The summed E-state index contributed by atoms with van der Waals surface area (Å²) in [5.74, 6) is 0.0621. The van der Waals surface area contributed by atoms with E-state index in [2.05, 4.69) is 37.9 Å². The van der Waals surface area contributed by atoms with Gasteiger partial charge in [0, 0.05) is 29.1 Å². The molecule has 1 aromatic carbocycles. The zero-order chi connectivity index (χ0) is 13.8. The number of ether oxygens (including phenoxy) is 1. The van der Waals surface area contributed by atoms with Gasteiger partial charge in [0.1, 0.15) is 0 Å². The van der Waals surface area contributed by atoms with Crippen LogP contribution >= 0.6 is 31.9 Å². The topological polar surface area (TPSA) is 29.5 Å². The zero-order valence-electron chi connectivity index (χ0n) is 10.7. The number of carbonyl (C=O) groups is 1. The van der Waals surface area contributed by atoms with E-state index in [1.165, 1.54) is 5.57 Å². The SMILES string of the molecule is COCC1=CCN(C(=O)c2ccc(Br)cc2Br)CC1. The maximum absolute atomic E-state index is 12.4. The number of methoxy groups -OCH3 is 1. The first kappa shape index (κ1) is 14.8. The van der Waals surface area contributed by atoms with Crippen molar-refractivity contribution in [2.24, 2.45) is 0 Å². The number of halogens is 2. The van der Waals surface area contributed by atoms with Gasteiger partial charge in [-0.15, -0.1) is 0 Å². The van der Waals surface area contributed by atoms with Gasteiger partial charge in [-0.05, 0) is 46.1 Å². The molecule has 0 atom stereocenters. The molecule has 0 aromatic heterocycles. The van der Waals surface area contributed by atoms with Crippen LogP contribution in [0.1, 0.15) is 16.8 Å². The maximum Gasteiger partial charge on any atom is 0.255 e. The Balaban J connectivity index is 2.09. The zero-order valence-corrected chi connectivity index (χ0v) is 13.8. The number of hydrogen-bond acceptors (Lipinski definition) is 2. The molecule has 1 aromatic rings. The molecule has 0 unspecified atom stereocenters. The van der Waals surface area contributed by atoms with E-state index < -0.39 is 0 Å². The van der Waals surface area contributed by atoms with Crippen LogP contribution in [0, 0.1) is 0 Å². The van der Waals surface area contributed by atoms with Crippen LogP contribution in [0.2, 0.25) is 0 Å². The summed E-state index contributed by atoms with van der Waals surface area (Å²) in [6, 6.07) is 5.61. The monoisotopic (exact) mass is 387 g/mol. The normalized spacial score (nSPS) is 15.3. The Morgan fingerprint density at radius 3 is 2.79 bits per heavy atom. The van der Waals surface area contributed by atoms with Crippen molar-refractivity contribution < 1.29 is 9.53 Å². The molecule has 1 amide bonds. The van der Waals surface area contributed by atoms with Crippen LogP contribution in [-0.4, -0.2) is 37.6 Å². The summed E-state index contributed by atoms with van der Waals surface area (Å²) in [6.07, 6.45) is 2.96. The average molecular weight is 389 g/mol. The third kappa shape index (κ3) is 3.68. The summed E-state index contributed by atoms with van der Waals surface area (Å²) >= 11 is 6.83. The molecule has 19 heavy (non-hydrogen) atoms. The number of hydrogen-bond donors (Lipinski definition) is 0. The van der Waals surface area contributed by atoms with E-state index in [9.17, 15) is 4.79 Å². The molecule has 1 aliphatic rings. The lowest BCUT2D eigenvalue weighted by Crippen LogP contribution is -2.35. The molecular weight excluding hydrogens is 374 g/mol. The number of rotatable bonds is 3. The fourth-order valence-corrected chi connectivity index (χ4v) is 3.26. The van der Waals surface area contributed by atoms with Gasteiger partial charge >= 0.3 is 0 Å². The quantitative estimate of drug-likeness (QED) is 0.740. The van der Waals surface area contributed by atoms with Crippen molar-refractivity contribution in [1.29, 1.82) is 0 Å². The van der Waals surface area contributed by atoms with E-state index in [-0.39, 0.29) is 5.91 Å². The van der Waals surface area contributed by atoms with E-state index in [1.807, 2.05) is 23.1 Å². The molecule has 0 aliphatic carbocycles. The van der Waals surface area contributed by atoms with Gasteiger partial charge < -0.3 is 9.64 Å². The summed E-state index contributed by atoms with van der Waals surface area (Å²) in [4.78, 5) is 14.3. The molecule has 5 heteroatoms. The minimum atomic E-state index is 0.0621. The first-order valence-corrected chi connectivity index (χ1v) is 7.61. The summed E-state index contributed by atoms with van der Waals surface area (Å²) in [7, 11) is 1.69. The predicted molar refractivity (Wildman–Crippen MR) is 82.3 cm³/mol. The van der Waals surface area contributed by atoms with Gasteiger partial charge in [0.25, 0.3) is 5.91 Å². The molecule has 2 rings (SSSR count). The standard InChI is InChI=1S/C14H15Br2NO2/c1-19-9-10-4-6-17(7-5-10)14(18)12-3-2-11(15)8-13(12)16/h2-4,8H,5-7,9H2,1H3. The van der Waals surface area contributed by atoms with Crippen LogP contribution in [0.4, 0.5) is 0 Å². The van der Waals surface area contributed by atoms with Gasteiger partial charge in [0.05, 0.1) is 12.2 Å². The van der Waals surface area contributed by atoms with Gasteiger partial charge in [-0.3, -0.25) is 4.79 Å². The van der Waals surface area contributed by atoms with Crippen molar-refractivity contribution >= 4 is 37.8 Å². The molecular formula is C14H15Br2NO2. The highest BCUT2D eigenvalue weighted by Gasteiger charge is 2.20. The van der Waals surface area contributed by atoms with Crippen LogP contribution in [0.3, 0.4) is 0 Å². The first-order chi connectivity index (χ1) is 9.11. The lowest BCUT2D eigenvalue weighted by atomic mass is 10.1. The Morgan fingerprint density at radius 2 is 2.21 bits per heavy atom. The highest BCUT2D eigenvalue weighted by atomic mass is 79.9. The molecule has 0 saturated carbocycles. The summed E-state index contributed by atoms with van der Waals surface area (Å²) in [5, 5.41) is 0. The molecule has 0 radical (unpaired) electrons. The second kappa shape index (κ2) is 6.68. The average Bonchev–Trinajstić information content (AvgIpc) is 2.39. The molecule has 1 heterocycles. The minimum Gasteiger partial charge on any atom is -0.380 e. The van der Waals surface area contributed by atoms with E-state index in [0.29, 0.717) is 18.7 Å². The molecule has 0 N–H and O–H groups in total. The molecule has 0 fully saturated rings. The van der Waals surface area contributed by atoms with Crippen molar-refractivity contribution in [3.8, 4) is 0 Å². The van der Waals surface area contributed by atoms with Crippen molar-refractivity contribution in [1.82, 2.24) is 4.90 Å². The molecule has 1 aliphatic heterocycles. The summed E-state index contributed by atoms with van der Waals surface area (Å²) in [5.41, 5.74) is 1.97. The van der Waals surface area contributed by atoms with Gasteiger partial charge in [-0.25, -0.2) is 0 Å². The second-order valence-corrected chi connectivity index (χ2v) is 6.19. The van der Waals surface area contributed by atoms with Gasteiger partial charge in [0.15, 0.2) is 0 Å². The predicted octanol–water partition coefficient (Wildman–Crippen LogP) is 3.63. The Kier molecular flexibility index (Phi) is 5.19. The van der Waals surface area contributed by atoms with Crippen molar-refractivity contribution in [2.75, 3.05) is 26.8 Å². The minimum absolute atomic E-state index is 0.0621. The third-order valence-electron chi connectivity index (χ3n) is 3.08. The second-order valence-electron chi connectivity index (χ2n) is 4.42. The first-order valence-electron chi connectivity index (χ1n) is 6.03. The van der Waals surface area contributed by atoms with Crippen LogP contribution in [0.25, 0.3) is 0 Å². The number of amides is 1. The highest BCUT2D eigenvalue weighted by Crippen LogP contribution is 2.24. The van der Waals surface area contributed by atoms with E-state index in [0.717, 1.165) is 21.9 Å². The van der Waals surface area contributed by atoms with Crippen molar-refractivity contribution in [3.63, 3.8) is 0 Å². The number of benzene rings is 1. The van der Waals surface area contributed by atoms with Crippen LogP contribution in [0.15, 0.2) is 38.8 Å². The molecule has 3 nitrogen and oxygen atoms in total. The lowest BCUT2D eigenvalue weighted by molar-refractivity contribution is 0.0764. The third-order valence-corrected chi connectivity index (χ3v) is 4.23. The Morgan fingerprint density at radius 1 is 1.42 bits per heavy atom. The van der Waals surface area contributed by atoms with E-state index in [4.69, 9.17) is 4.74 Å². The van der Waals surface area contributed by atoms with Crippen LogP contribution < -0.4 is 0 Å². The van der Waals surface area contributed by atoms with Gasteiger partial charge in [-0.2, -0.15) is 0 Å². The Labute approximate surface area is 129 Å². The van der Waals surface area contributed by atoms with Crippen molar-refractivity contribution in [3.05, 3.63) is 44.4 Å². The summed E-state index contributed by atoms with van der Waals surface area (Å²) in [6.45, 7) is 2.06. The highest BCUT2D eigenvalue weighted by molar-refractivity contribution is 9.11. The van der Waals surface area contributed by atoms with Crippen LogP contribution in [-0.2, 0) is 4.74 Å². The summed E-state index contributed by atoms with van der Waals surface area (Å²) < 4.78 is 6.88. The lowest BCUT2D eigenvalue weighted by Gasteiger charge is -2.26. The maximum atomic E-state index is 12.4. The van der Waals surface area contributed by atoms with E-state index in [1.54, 1.807) is 7.11 Å². The van der Waals surface area contributed by atoms with Gasteiger partial charge in [0.2, 0.25) is 0 Å². The number of nitrogens with zero attached hydrogens (tertiary/aromatic N) is 1. The Hall–Kier alpha value is -0.650.